The molecule has 1 aliphatic carbocycles. The minimum atomic E-state index is 0.0433. The van der Waals surface area contributed by atoms with E-state index in [-0.39, 0.29) is 5.41 Å². The van der Waals surface area contributed by atoms with Crippen LogP contribution in [-0.2, 0) is 18.3 Å². The Morgan fingerprint density at radius 3 is 2.61 bits per heavy atom. The van der Waals surface area contributed by atoms with E-state index >= 15 is 0 Å². The normalized spacial score (nSPS) is 19.7. The van der Waals surface area contributed by atoms with Crippen LogP contribution in [0, 0.1) is 12.8 Å². The van der Waals surface area contributed by atoms with Crippen molar-refractivity contribution in [3.8, 4) is 0 Å². The fourth-order valence-electron chi connectivity index (χ4n) is 2.66. The van der Waals surface area contributed by atoms with Crippen molar-refractivity contribution in [1.82, 2.24) is 15.3 Å². The molecule has 2 rings (SSSR count). The van der Waals surface area contributed by atoms with Crippen LogP contribution in [0.2, 0.25) is 0 Å². The van der Waals surface area contributed by atoms with Crippen molar-refractivity contribution in [2.75, 3.05) is 13.6 Å². The van der Waals surface area contributed by atoms with Crippen molar-refractivity contribution in [2.45, 2.75) is 52.4 Å². The van der Waals surface area contributed by atoms with Crippen LogP contribution in [-0.4, -0.2) is 23.6 Å². The van der Waals surface area contributed by atoms with Gasteiger partial charge in [-0.15, -0.1) is 0 Å². The third kappa shape index (κ3) is 2.72. The smallest absolute Gasteiger partial charge is 0.134 e. The van der Waals surface area contributed by atoms with Crippen LogP contribution >= 0.6 is 0 Å². The molecule has 0 saturated carbocycles. The molecule has 1 unspecified atom stereocenters. The largest absolute Gasteiger partial charge is 0.319 e. The maximum atomic E-state index is 4.81. The number of nitrogens with one attached hydrogen (secondary N) is 1. The van der Waals surface area contributed by atoms with Gasteiger partial charge in [0.05, 0.1) is 0 Å². The molecule has 3 nitrogen and oxygen atoms in total. The Morgan fingerprint density at radius 1 is 1.28 bits per heavy atom. The Bertz CT molecular complexity index is 432. The molecule has 18 heavy (non-hydrogen) atoms. The minimum Gasteiger partial charge on any atom is -0.319 e. The van der Waals surface area contributed by atoms with Crippen molar-refractivity contribution >= 4 is 0 Å². The second-order valence-electron chi connectivity index (χ2n) is 6.47. The number of aromatic nitrogens is 2. The number of hydrogen-bond acceptors (Lipinski definition) is 3. The van der Waals surface area contributed by atoms with Crippen molar-refractivity contribution < 1.29 is 0 Å². The molecule has 0 saturated heterocycles. The summed E-state index contributed by atoms with van der Waals surface area (Å²) < 4.78 is 0. The summed E-state index contributed by atoms with van der Waals surface area (Å²) in [6.45, 7) is 9.78. The van der Waals surface area contributed by atoms with Gasteiger partial charge in [-0.3, -0.25) is 0 Å². The van der Waals surface area contributed by atoms with Gasteiger partial charge in [-0.25, -0.2) is 9.97 Å². The summed E-state index contributed by atoms with van der Waals surface area (Å²) in [5, 5.41) is 3.28. The standard InChI is InChI=1S/C15H25N3/c1-10-12-8-11(9-16-5)6-7-13(12)18-14(17-10)15(2,3)4/h11,16H,6-9H2,1-5H3. The summed E-state index contributed by atoms with van der Waals surface area (Å²) in [6.07, 6.45) is 3.48. The Balaban J connectivity index is 2.32. The molecule has 0 radical (unpaired) electrons. The summed E-state index contributed by atoms with van der Waals surface area (Å²) in [7, 11) is 2.03. The highest BCUT2D eigenvalue weighted by atomic mass is 14.9. The van der Waals surface area contributed by atoms with Crippen LogP contribution in [0.25, 0.3) is 0 Å². The molecule has 1 heterocycles. The van der Waals surface area contributed by atoms with E-state index in [0.29, 0.717) is 0 Å². The highest BCUT2D eigenvalue weighted by Crippen LogP contribution is 2.28. The van der Waals surface area contributed by atoms with Crippen LogP contribution in [0.3, 0.4) is 0 Å². The number of rotatable bonds is 2. The van der Waals surface area contributed by atoms with Gasteiger partial charge >= 0.3 is 0 Å². The zero-order valence-corrected chi connectivity index (χ0v) is 12.3. The van der Waals surface area contributed by atoms with Crippen LogP contribution < -0.4 is 5.32 Å². The Morgan fingerprint density at radius 2 is 2.00 bits per heavy atom. The fourth-order valence-corrected chi connectivity index (χ4v) is 2.66. The molecule has 1 N–H and O–H groups in total. The van der Waals surface area contributed by atoms with Gasteiger partial charge in [0.15, 0.2) is 0 Å². The van der Waals surface area contributed by atoms with Gasteiger partial charge < -0.3 is 5.32 Å². The first-order valence-electron chi connectivity index (χ1n) is 6.93. The highest BCUT2D eigenvalue weighted by molar-refractivity contribution is 5.29. The summed E-state index contributed by atoms with van der Waals surface area (Å²) in [4.78, 5) is 9.53. The van der Waals surface area contributed by atoms with Crippen molar-refractivity contribution in [1.29, 1.82) is 0 Å². The number of hydrogen-bond donors (Lipinski definition) is 1. The average molecular weight is 247 g/mol. The van der Waals surface area contributed by atoms with E-state index in [1.54, 1.807) is 0 Å². The zero-order chi connectivity index (χ0) is 13.3. The molecule has 100 valence electrons. The third-order valence-electron chi connectivity index (χ3n) is 3.75. The van der Waals surface area contributed by atoms with E-state index in [0.717, 1.165) is 31.1 Å². The SMILES string of the molecule is CNCC1CCc2nc(C(C)(C)C)nc(C)c2C1. The molecule has 0 bridgehead atoms. The molecule has 0 aliphatic heterocycles. The number of nitrogens with zero attached hydrogens (tertiary/aromatic N) is 2. The zero-order valence-electron chi connectivity index (χ0n) is 12.3. The first-order valence-corrected chi connectivity index (χ1v) is 6.93. The van der Waals surface area contributed by atoms with Gasteiger partial charge in [0.25, 0.3) is 0 Å². The predicted molar refractivity (Wildman–Crippen MR) is 74.9 cm³/mol. The lowest BCUT2D eigenvalue weighted by atomic mass is 9.85. The van der Waals surface area contributed by atoms with Gasteiger partial charge in [-0.1, -0.05) is 20.8 Å². The van der Waals surface area contributed by atoms with E-state index in [2.05, 4.69) is 33.0 Å². The topological polar surface area (TPSA) is 37.8 Å². The van der Waals surface area contributed by atoms with Crippen molar-refractivity contribution in [2.24, 2.45) is 5.92 Å². The summed E-state index contributed by atoms with van der Waals surface area (Å²) in [5.41, 5.74) is 3.92. The van der Waals surface area contributed by atoms with Gasteiger partial charge in [0.2, 0.25) is 0 Å². The van der Waals surface area contributed by atoms with Crippen LogP contribution in [0.5, 0.6) is 0 Å². The molecule has 1 aromatic heterocycles. The van der Waals surface area contributed by atoms with E-state index in [4.69, 9.17) is 9.97 Å². The molecule has 0 fully saturated rings. The van der Waals surface area contributed by atoms with Crippen molar-refractivity contribution in [3.63, 3.8) is 0 Å². The van der Waals surface area contributed by atoms with Crippen molar-refractivity contribution in [3.05, 3.63) is 22.8 Å². The van der Waals surface area contributed by atoms with Gasteiger partial charge in [0, 0.05) is 16.8 Å². The van der Waals surface area contributed by atoms with Gasteiger partial charge in [0.1, 0.15) is 5.82 Å². The molecular weight excluding hydrogens is 222 g/mol. The quantitative estimate of drug-likeness (QED) is 0.872. The monoisotopic (exact) mass is 247 g/mol. The fraction of sp³-hybridized carbons (Fsp3) is 0.733. The molecule has 1 atom stereocenters. The second-order valence-corrected chi connectivity index (χ2v) is 6.47. The van der Waals surface area contributed by atoms with Gasteiger partial charge in [-0.05, 0) is 51.3 Å². The Kier molecular flexibility index (Phi) is 3.71. The summed E-state index contributed by atoms with van der Waals surface area (Å²) in [6, 6.07) is 0. The van der Waals surface area contributed by atoms with E-state index in [9.17, 15) is 0 Å². The van der Waals surface area contributed by atoms with E-state index in [1.807, 2.05) is 7.05 Å². The van der Waals surface area contributed by atoms with E-state index < -0.39 is 0 Å². The Hall–Kier alpha value is -0.960. The maximum absolute atomic E-state index is 4.81. The number of aryl methyl sites for hydroxylation is 2. The molecule has 0 spiro atoms. The summed E-state index contributed by atoms with van der Waals surface area (Å²) >= 11 is 0. The van der Waals surface area contributed by atoms with Crippen LogP contribution in [0.1, 0.15) is 50.0 Å². The minimum absolute atomic E-state index is 0.0433. The van der Waals surface area contributed by atoms with Gasteiger partial charge in [-0.2, -0.15) is 0 Å². The molecule has 3 heteroatoms. The highest BCUT2D eigenvalue weighted by Gasteiger charge is 2.25. The predicted octanol–water partition coefficient (Wildman–Crippen LogP) is 2.41. The van der Waals surface area contributed by atoms with Crippen LogP contribution in [0.4, 0.5) is 0 Å². The van der Waals surface area contributed by atoms with E-state index in [1.165, 1.54) is 23.4 Å². The molecular formula is C15H25N3. The maximum Gasteiger partial charge on any atom is 0.134 e. The molecule has 1 aliphatic rings. The lowest BCUT2D eigenvalue weighted by molar-refractivity contribution is 0.427. The Labute approximate surface area is 110 Å². The lowest BCUT2D eigenvalue weighted by Crippen LogP contribution is -2.28. The third-order valence-corrected chi connectivity index (χ3v) is 3.75. The molecule has 0 aromatic carbocycles. The van der Waals surface area contributed by atoms with Crippen LogP contribution in [0.15, 0.2) is 0 Å². The first-order chi connectivity index (χ1) is 8.41. The first kappa shape index (κ1) is 13.5. The summed E-state index contributed by atoms with van der Waals surface area (Å²) in [5.74, 6) is 1.73. The lowest BCUT2D eigenvalue weighted by Gasteiger charge is -2.27. The number of fused-ring (bicyclic) bond motifs is 1. The average Bonchev–Trinajstić information content (AvgIpc) is 2.29. The molecule has 1 aromatic rings. The molecule has 0 amide bonds. The second kappa shape index (κ2) is 4.96.